The Morgan fingerprint density at radius 1 is 1.19 bits per heavy atom. The SMILES string of the molecule is CCc1ccccc1CNc1cc(F)ccc1C(=O)OC. The number of carbonyl (C=O) groups is 1. The molecule has 2 rings (SSSR count). The van der Waals surface area contributed by atoms with E-state index in [1.54, 1.807) is 0 Å². The number of carbonyl (C=O) groups excluding carboxylic acids is 1. The maximum atomic E-state index is 13.4. The summed E-state index contributed by atoms with van der Waals surface area (Å²) in [6.07, 6.45) is 0.921. The van der Waals surface area contributed by atoms with E-state index in [9.17, 15) is 9.18 Å². The molecular formula is C17H18FNO2. The fourth-order valence-corrected chi connectivity index (χ4v) is 2.22. The second-order valence-corrected chi connectivity index (χ2v) is 4.66. The Morgan fingerprint density at radius 3 is 2.57 bits per heavy atom. The molecule has 0 aromatic heterocycles. The summed E-state index contributed by atoms with van der Waals surface area (Å²) in [5, 5.41) is 3.12. The number of ether oxygens (including phenoxy) is 1. The van der Waals surface area contributed by atoms with E-state index in [4.69, 9.17) is 4.74 Å². The molecule has 0 aliphatic heterocycles. The van der Waals surface area contributed by atoms with Gasteiger partial charge in [0.15, 0.2) is 0 Å². The topological polar surface area (TPSA) is 38.3 Å². The minimum Gasteiger partial charge on any atom is -0.465 e. The maximum Gasteiger partial charge on any atom is 0.339 e. The van der Waals surface area contributed by atoms with Crippen LogP contribution in [0.15, 0.2) is 42.5 Å². The first-order chi connectivity index (χ1) is 10.2. The van der Waals surface area contributed by atoms with Crippen LogP contribution in [0.2, 0.25) is 0 Å². The van der Waals surface area contributed by atoms with E-state index in [-0.39, 0.29) is 0 Å². The van der Waals surface area contributed by atoms with Crippen LogP contribution in [-0.4, -0.2) is 13.1 Å². The molecular weight excluding hydrogens is 269 g/mol. The van der Waals surface area contributed by atoms with Crippen LogP contribution in [-0.2, 0) is 17.7 Å². The highest BCUT2D eigenvalue weighted by atomic mass is 19.1. The third-order valence-electron chi connectivity index (χ3n) is 3.36. The van der Waals surface area contributed by atoms with Gasteiger partial charge in [-0.1, -0.05) is 31.2 Å². The van der Waals surface area contributed by atoms with Crippen LogP contribution in [0.1, 0.15) is 28.4 Å². The first-order valence-corrected chi connectivity index (χ1v) is 6.84. The Kier molecular flexibility index (Phi) is 4.93. The molecule has 0 aliphatic rings. The summed E-state index contributed by atoms with van der Waals surface area (Å²) < 4.78 is 18.1. The van der Waals surface area contributed by atoms with Gasteiger partial charge >= 0.3 is 5.97 Å². The molecule has 0 unspecified atom stereocenters. The first-order valence-electron chi connectivity index (χ1n) is 6.84. The normalized spacial score (nSPS) is 10.2. The lowest BCUT2D eigenvalue weighted by atomic mass is 10.0. The summed E-state index contributed by atoms with van der Waals surface area (Å²) in [7, 11) is 1.31. The maximum absolute atomic E-state index is 13.4. The van der Waals surface area contributed by atoms with Gasteiger partial charge in [0.2, 0.25) is 0 Å². The van der Waals surface area contributed by atoms with Crippen LogP contribution in [0, 0.1) is 5.82 Å². The van der Waals surface area contributed by atoms with Gasteiger partial charge in [0.05, 0.1) is 18.4 Å². The molecule has 0 saturated heterocycles. The molecule has 0 atom stereocenters. The molecule has 0 heterocycles. The van der Waals surface area contributed by atoms with Gasteiger partial charge in [0.25, 0.3) is 0 Å². The Bertz CT molecular complexity index is 640. The van der Waals surface area contributed by atoms with E-state index in [0.29, 0.717) is 17.8 Å². The molecule has 2 aromatic rings. The Morgan fingerprint density at radius 2 is 1.90 bits per heavy atom. The van der Waals surface area contributed by atoms with Gasteiger partial charge in [-0.2, -0.15) is 0 Å². The van der Waals surface area contributed by atoms with E-state index in [1.165, 1.54) is 30.9 Å². The highest BCUT2D eigenvalue weighted by Crippen LogP contribution is 2.20. The molecule has 4 heteroatoms. The van der Waals surface area contributed by atoms with E-state index in [2.05, 4.69) is 18.3 Å². The molecule has 0 bridgehead atoms. The van der Waals surface area contributed by atoms with E-state index < -0.39 is 11.8 Å². The fraction of sp³-hybridized carbons (Fsp3) is 0.235. The highest BCUT2D eigenvalue weighted by Gasteiger charge is 2.12. The zero-order chi connectivity index (χ0) is 15.2. The number of halogens is 1. The van der Waals surface area contributed by atoms with Crippen molar-refractivity contribution in [2.24, 2.45) is 0 Å². The molecule has 0 saturated carbocycles. The van der Waals surface area contributed by atoms with Gasteiger partial charge in [-0.25, -0.2) is 9.18 Å². The summed E-state index contributed by atoms with van der Waals surface area (Å²) in [6, 6.07) is 12.0. The summed E-state index contributed by atoms with van der Waals surface area (Å²) >= 11 is 0. The second-order valence-electron chi connectivity index (χ2n) is 4.66. The number of esters is 1. The molecule has 110 valence electrons. The molecule has 3 nitrogen and oxygen atoms in total. The highest BCUT2D eigenvalue weighted by molar-refractivity contribution is 5.95. The van der Waals surface area contributed by atoms with Crippen LogP contribution in [0.3, 0.4) is 0 Å². The molecule has 0 radical (unpaired) electrons. The summed E-state index contributed by atoms with van der Waals surface area (Å²) in [5.41, 5.74) is 3.11. The van der Waals surface area contributed by atoms with Crippen LogP contribution < -0.4 is 5.32 Å². The first kappa shape index (κ1) is 15.0. The Labute approximate surface area is 123 Å². The van der Waals surface area contributed by atoms with Gasteiger partial charge in [-0.3, -0.25) is 0 Å². The molecule has 0 amide bonds. The van der Waals surface area contributed by atoms with Crippen LogP contribution in [0.25, 0.3) is 0 Å². The van der Waals surface area contributed by atoms with Gasteiger partial charge < -0.3 is 10.1 Å². The second kappa shape index (κ2) is 6.88. The number of nitrogens with one attached hydrogen (secondary N) is 1. The Balaban J connectivity index is 2.23. The minimum atomic E-state index is -0.485. The van der Waals surface area contributed by atoms with Crippen molar-refractivity contribution in [2.45, 2.75) is 19.9 Å². The smallest absolute Gasteiger partial charge is 0.339 e. The van der Waals surface area contributed by atoms with Crippen molar-refractivity contribution in [3.05, 3.63) is 65.0 Å². The molecule has 0 fully saturated rings. The molecule has 0 spiro atoms. The van der Waals surface area contributed by atoms with Crippen LogP contribution >= 0.6 is 0 Å². The largest absolute Gasteiger partial charge is 0.465 e. The van der Waals surface area contributed by atoms with E-state index in [1.807, 2.05) is 18.2 Å². The van der Waals surface area contributed by atoms with Crippen molar-refractivity contribution >= 4 is 11.7 Å². The lowest BCUT2D eigenvalue weighted by molar-refractivity contribution is 0.0602. The van der Waals surface area contributed by atoms with Crippen molar-refractivity contribution in [3.8, 4) is 0 Å². The lowest BCUT2D eigenvalue weighted by Gasteiger charge is -2.13. The van der Waals surface area contributed by atoms with Crippen molar-refractivity contribution in [3.63, 3.8) is 0 Å². The minimum absolute atomic E-state index is 0.327. The number of hydrogen-bond acceptors (Lipinski definition) is 3. The van der Waals surface area contributed by atoms with Gasteiger partial charge in [0, 0.05) is 6.54 Å². The zero-order valence-electron chi connectivity index (χ0n) is 12.2. The van der Waals surface area contributed by atoms with Gasteiger partial charge in [0.1, 0.15) is 5.82 Å². The van der Waals surface area contributed by atoms with Crippen molar-refractivity contribution < 1.29 is 13.9 Å². The monoisotopic (exact) mass is 287 g/mol. The quantitative estimate of drug-likeness (QED) is 0.850. The molecule has 21 heavy (non-hydrogen) atoms. The third-order valence-corrected chi connectivity index (χ3v) is 3.36. The summed E-state index contributed by atoms with van der Waals surface area (Å²) in [4.78, 5) is 11.7. The predicted octanol–water partition coefficient (Wildman–Crippen LogP) is 3.79. The average Bonchev–Trinajstić information content (AvgIpc) is 2.52. The number of rotatable bonds is 5. The van der Waals surface area contributed by atoms with E-state index >= 15 is 0 Å². The van der Waals surface area contributed by atoms with Gasteiger partial charge in [-0.05, 0) is 35.7 Å². The Hall–Kier alpha value is -2.36. The zero-order valence-corrected chi connectivity index (χ0v) is 12.2. The molecule has 2 aromatic carbocycles. The van der Waals surface area contributed by atoms with Crippen molar-refractivity contribution in [1.82, 2.24) is 0 Å². The standard InChI is InChI=1S/C17H18FNO2/c1-3-12-6-4-5-7-13(12)11-19-16-10-14(18)8-9-15(16)17(20)21-2/h4-10,19H,3,11H2,1-2H3. The number of methoxy groups -OCH3 is 1. The number of benzene rings is 2. The van der Waals surface area contributed by atoms with E-state index in [0.717, 1.165) is 12.0 Å². The van der Waals surface area contributed by atoms with Crippen molar-refractivity contribution in [1.29, 1.82) is 0 Å². The predicted molar refractivity (Wildman–Crippen MR) is 80.9 cm³/mol. The van der Waals surface area contributed by atoms with Gasteiger partial charge in [-0.15, -0.1) is 0 Å². The number of anilines is 1. The number of hydrogen-bond donors (Lipinski definition) is 1. The van der Waals surface area contributed by atoms with Crippen LogP contribution in [0.4, 0.5) is 10.1 Å². The van der Waals surface area contributed by atoms with Crippen LogP contribution in [0.5, 0.6) is 0 Å². The average molecular weight is 287 g/mol. The molecule has 1 N–H and O–H groups in total. The summed E-state index contributed by atoms with van der Waals surface area (Å²) in [6.45, 7) is 2.61. The summed E-state index contributed by atoms with van der Waals surface area (Å²) in [5.74, 6) is -0.879. The van der Waals surface area contributed by atoms with Crippen molar-refractivity contribution in [2.75, 3.05) is 12.4 Å². The fourth-order valence-electron chi connectivity index (χ4n) is 2.22. The number of aryl methyl sites for hydroxylation is 1. The molecule has 0 aliphatic carbocycles. The lowest BCUT2D eigenvalue weighted by Crippen LogP contribution is -2.09. The third kappa shape index (κ3) is 3.60.